The van der Waals surface area contributed by atoms with Crippen molar-refractivity contribution >= 4 is 46.8 Å². The van der Waals surface area contributed by atoms with Crippen molar-refractivity contribution in [1.82, 2.24) is 0 Å². The molecule has 0 aliphatic carbocycles. The third-order valence-electron chi connectivity index (χ3n) is 6.20. The second-order valence-electron chi connectivity index (χ2n) is 8.43. The molecule has 1 aliphatic heterocycles. The van der Waals surface area contributed by atoms with Crippen molar-refractivity contribution in [3.05, 3.63) is 133 Å². The summed E-state index contributed by atoms with van der Waals surface area (Å²) < 4.78 is 36.8. The highest BCUT2D eigenvalue weighted by molar-refractivity contribution is 6.51. The first-order valence-corrected chi connectivity index (χ1v) is 11.5. The van der Waals surface area contributed by atoms with Gasteiger partial charge in [-0.1, -0.05) is 48.5 Å². The largest absolute Gasteiger partial charge is 0.834 e. The molecule has 0 saturated heterocycles. The quantitative estimate of drug-likeness (QED) is 0.260. The van der Waals surface area contributed by atoms with Gasteiger partial charge in [0.2, 0.25) is 0 Å². The van der Waals surface area contributed by atoms with Gasteiger partial charge in [-0.3, -0.25) is 0 Å². The molecule has 170 valence electrons. The number of nitrogens with zero attached hydrogens (tertiary/aromatic N) is 2. The maximum atomic E-state index is 15.3. The van der Waals surface area contributed by atoms with Crippen molar-refractivity contribution in [2.75, 3.05) is 4.90 Å². The molecule has 1 aromatic heterocycles. The van der Waals surface area contributed by atoms with Crippen molar-refractivity contribution in [3.63, 3.8) is 0 Å². The van der Waals surface area contributed by atoms with Crippen LogP contribution < -0.4 is 9.38 Å². The van der Waals surface area contributed by atoms with Gasteiger partial charge in [-0.05, 0) is 60.7 Å². The Kier molecular flexibility index (Phi) is 5.07. The fourth-order valence-corrected chi connectivity index (χ4v) is 4.60. The van der Waals surface area contributed by atoms with Crippen LogP contribution in [0.4, 0.5) is 25.7 Å². The molecule has 2 heterocycles. The average molecular weight is 462 g/mol. The molecule has 6 heteroatoms. The lowest BCUT2D eigenvalue weighted by molar-refractivity contribution is -0.556. The van der Waals surface area contributed by atoms with E-state index >= 15 is 8.63 Å². The summed E-state index contributed by atoms with van der Waals surface area (Å²) in [7, 11) is -4.28. The lowest BCUT2D eigenvalue weighted by atomic mass is 9.96. The molecule has 0 atom stereocenters. The summed E-state index contributed by atoms with van der Waals surface area (Å²) in [4.78, 5) is 2.12. The maximum absolute atomic E-state index is 15.3. The van der Waals surface area contributed by atoms with E-state index in [1.165, 1.54) is 0 Å². The van der Waals surface area contributed by atoms with Crippen LogP contribution in [0.5, 0.6) is 0 Å². The summed E-state index contributed by atoms with van der Waals surface area (Å²) in [5.74, 6) is 0.155. The summed E-state index contributed by atoms with van der Waals surface area (Å²) in [6.45, 7) is 0. The summed E-state index contributed by atoms with van der Waals surface area (Å²) >= 11 is 0. The van der Waals surface area contributed by atoms with Crippen LogP contribution in [-0.4, -0.2) is 7.04 Å². The second kappa shape index (κ2) is 8.40. The molecule has 1 aliphatic rings. The number of hydrogen-bond donors (Lipinski definition) is 0. The molecule has 5 aromatic rings. The number of benzene rings is 4. The third kappa shape index (κ3) is 3.83. The zero-order valence-electron chi connectivity index (χ0n) is 18.8. The smallest absolute Gasteiger partial charge is 0.599 e. The van der Waals surface area contributed by atoms with Crippen molar-refractivity contribution in [2.24, 2.45) is 0 Å². The number of pyridine rings is 1. The monoisotopic (exact) mass is 462 g/mol. The van der Waals surface area contributed by atoms with Crippen molar-refractivity contribution in [1.29, 1.82) is 0 Å². The molecular weight excluding hydrogens is 441 g/mol. The maximum Gasteiger partial charge on any atom is 0.834 e. The van der Waals surface area contributed by atoms with Crippen molar-refractivity contribution in [3.8, 4) is 0 Å². The van der Waals surface area contributed by atoms with Gasteiger partial charge in [-0.25, -0.2) is 0 Å². The zero-order valence-corrected chi connectivity index (χ0v) is 18.8. The molecule has 6 rings (SSSR count). The second-order valence-corrected chi connectivity index (χ2v) is 8.43. The van der Waals surface area contributed by atoms with Crippen LogP contribution in [-0.2, 0) is 4.65 Å². The van der Waals surface area contributed by atoms with Crippen LogP contribution in [0.15, 0.2) is 121 Å². The van der Waals surface area contributed by atoms with Crippen LogP contribution in [0.1, 0.15) is 11.3 Å². The molecule has 35 heavy (non-hydrogen) atoms. The average Bonchev–Trinajstić information content (AvgIpc) is 2.90. The number of fused-ring (bicyclic) bond motifs is 3. The van der Waals surface area contributed by atoms with E-state index in [0.29, 0.717) is 16.8 Å². The van der Waals surface area contributed by atoms with Gasteiger partial charge in [-0.2, -0.15) is 0 Å². The predicted octanol–water partition coefficient (Wildman–Crippen LogP) is 7.35. The molecule has 0 fully saturated rings. The Balaban J connectivity index is 1.40. The number of halogens is 2. The molecular formula is C29H21BF2N2O. The first-order chi connectivity index (χ1) is 17.1. The van der Waals surface area contributed by atoms with E-state index in [1.54, 1.807) is 24.3 Å². The minimum atomic E-state index is -4.28. The van der Waals surface area contributed by atoms with Gasteiger partial charge in [0.1, 0.15) is 0 Å². The Bertz CT molecular complexity index is 1500. The van der Waals surface area contributed by atoms with Gasteiger partial charge in [0.05, 0.1) is 5.76 Å². The highest BCUT2D eigenvalue weighted by atomic mass is 19.3. The normalized spacial score (nSPS) is 14.1. The molecule has 0 unspecified atom stereocenters. The third-order valence-corrected chi connectivity index (χ3v) is 6.20. The van der Waals surface area contributed by atoms with Crippen molar-refractivity contribution in [2.45, 2.75) is 0 Å². The van der Waals surface area contributed by atoms with E-state index in [2.05, 4.69) is 4.90 Å². The number of rotatable bonds is 4. The molecule has 0 N–H and O–H groups in total. The van der Waals surface area contributed by atoms with Gasteiger partial charge in [0, 0.05) is 46.2 Å². The van der Waals surface area contributed by atoms with Gasteiger partial charge in [0.25, 0.3) is 0 Å². The van der Waals surface area contributed by atoms with Gasteiger partial charge >= 0.3 is 7.04 Å². The van der Waals surface area contributed by atoms with Gasteiger partial charge < -0.3 is 22.7 Å². The van der Waals surface area contributed by atoms with Crippen LogP contribution in [0, 0.1) is 0 Å². The first-order valence-electron chi connectivity index (χ1n) is 11.5. The summed E-state index contributed by atoms with van der Waals surface area (Å²) in [5.41, 5.74) is 4.38. The SMILES string of the molecule is F[B-]1(F)OC(c2ccc(N(c3ccccc3)c3ccccc3)cc2)=Cc2ccc3ccccc3[n+]21. The Hall–Kier alpha value is -4.45. The number of para-hydroxylation sites is 3. The van der Waals surface area contributed by atoms with E-state index < -0.39 is 7.04 Å². The lowest BCUT2D eigenvalue weighted by Gasteiger charge is -2.29. The van der Waals surface area contributed by atoms with E-state index in [0.717, 1.165) is 26.9 Å². The number of aromatic nitrogens is 1. The Labute approximate surface area is 202 Å². The standard InChI is InChI=1S/C29H21BF2N2O/c31-30(32)34-27(20-15-22-9-7-8-14-28(22)34)21-29(35-30)23-16-18-26(19-17-23)33(24-10-3-1-4-11-24)25-12-5-2-6-13-25/h1-21H. The molecule has 0 amide bonds. The summed E-state index contributed by atoms with van der Waals surface area (Å²) in [6, 6.07) is 38.2. The van der Waals surface area contributed by atoms with E-state index in [4.69, 9.17) is 4.65 Å². The molecule has 0 bridgehead atoms. The molecule has 3 nitrogen and oxygen atoms in total. The minimum Gasteiger partial charge on any atom is -0.599 e. The fourth-order valence-electron chi connectivity index (χ4n) is 4.60. The Morgan fingerprint density at radius 1 is 0.600 bits per heavy atom. The highest BCUT2D eigenvalue weighted by Crippen LogP contribution is 2.36. The van der Waals surface area contributed by atoms with Crippen molar-refractivity contribution < 1.29 is 17.8 Å². The highest BCUT2D eigenvalue weighted by Gasteiger charge is 2.50. The van der Waals surface area contributed by atoms with Crippen LogP contribution >= 0.6 is 0 Å². The van der Waals surface area contributed by atoms with Gasteiger partial charge in [-0.15, -0.1) is 0 Å². The minimum absolute atomic E-state index is 0.155. The first kappa shape index (κ1) is 21.1. The predicted molar refractivity (Wildman–Crippen MR) is 138 cm³/mol. The topological polar surface area (TPSA) is 16.4 Å². The van der Waals surface area contributed by atoms with Crippen LogP contribution in [0.3, 0.4) is 0 Å². The van der Waals surface area contributed by atoms with E-state index in [-0.39, 0.29) is 5.76 Å². The molecule has 0 saturated carbocycles. The van der Waals surface area contributed by atoms with Crippen LogP contribution in [0.25, 0.3) is 22.7 Å². The lowest BCUT2D eigenvalue weighted by Crippen LogP contribution is -2.64. The van der Waals surface area contributed by atoms with Gasteiger partial charge in [0.15, 0.2) is 11.2 Å². The van der Waals surface area contributed by atoms with E-state index in [1.807, 2.05) is 103 Å². The Morgan fingerprint density at radius 3 is 1.83 bits per heavy atom. The number of anilines is 3. The summed E-state index contributed by atoms with van der Waals surface area (Å²) in [5, 5.41) is 0.740. The zero-order chi connectivity index (χ0) is 23.8. The number of hydrogen-bond acceptors (Lipinski definition) is 2. The fraction of sp³-hybridized carbons (Fsp3) is 0. The Morgan fingerprint density at radius 2 is 1.17 bits per heavy atom. The summed E-state index contributed by atoms with van der Waals surface area (Å²) in [6.07, 6.45) is 1.67. The molecule has 0 radical (unpaired) electrons. The molecule has 0 spiro atoms. The van der Waals surface area contributed by atoms with Crippen LogP contribution in [0.2, 0.25) is 0 Å². The molecule has 4 aromatic carbocycles. The van der Waals surface area contributed by atoms with E-state index in [9.17, 15) is 0 Å².